The first-order valence-electron chi connectivity index (χ1n) is 9.23. The number of aromatic hydroxyl groups is 1. The number of phenols is 1. The van der Waals surface area contributed by atoms with Crippen LogP contribution in [0.5, 0.6) is 5.75 Å². The van der Waals surface area contributed by atoms with E-state index in [-0.39, 0.29) is 10.6 Å². The molecule has 0 saturated carbocycles. The molecular formula is C20H25N3O3S. The Morgan fingerprint density at radius 3 is 2.26 bits per heavy atom. The number of phenolic OH excluding ortho intramolecular Hbond substituents is 1. The zero-order valence-electron chi connectivity index (χ0n) is 15.7. The van der Waals surface area contributed by atoms with Crippen LogP contribution in [0.25, 0.3) is 0 Å². The molecule has 1 heterocycles. The zero-order chi connectivity index (χ0) is 19.4. The van der Waals surface area contributed by atoms with Crippen LogP contribution in [0.2, 0.25) is 0 Å². The molecule has 7 heteroatoms. The first kappa shape index (κ1) is 19.5. The summed E-state index contributed by atoms with van der Waals surface area (Å²) in [5.74, 6) is 0.381. The summed E-state index contributed by atoms with van der Waals surface area (Å²) in [5.41, 5.74) is 1.98. The van der Waals surface area contributed by atoms with Crippen molar-refractivity contribution in [3.63, 3.8) is 0 Å². The fraction of sp³-hybridized carbons (Fsp3) is 0.400. The molecule has 1 saturated heterocycles. The zero-order valence-corrected chi connectivity index (χ0v) is 16.5. The van der Waals surface area contributed by atoms with Crippen molar-refractivity contribution in [1.29, 1.82) is 0 Å². The van der Waals surface area contributed by atoms with Crippen molar-refractivity contribution in [2.24, 2.45) is 10.2 Å². The molecule has 27 heavy (non-hydrogen) atoms. The standard InChI is InChI=1S/C20H25N3O3S/c1-15(2)16-6-11-20(24)19(14-16)22-21-17-7-9-18(10-8-17)27(25,26)23-12-4-3-5-13-23/h6-11,14-15,24H,3-5,12-13H2,1-2H3. The van der Waals surface area contributed by atoms with E-state index in [9.17, 15) is 13.5 Å². The minimum absolute atomic E-state index is 0.0625. The highest BCUT2D eigenvalue weighted by atomic mass is 32.2. The van der Waals surface area contributed by atoms with Gasteiger partial charge in [0.2, 0.25) is 10.0 Å². The van der Waals surface area contributed by atoms with Crippen molar-refractivity contribution in [1.82, 2.24) is 4.31 Å². The molecule has 2 aromatic carbocycles. The number of azo groups is 1. The molecular weight excluding hydrogens is 362 g/mol. The molecule has 144 valence electrons. The monoisotopic (exact) mass is 387 g/mol. The van der Waals surface area contributed by atoms with E-state index in [1.807, 2.05) is 6.07 Å². The number of rotatable bonds is 5. The Kier molecular flexibility index (Phi) is 5.92. The van der Waals surface area contributed by atoms with E-state index >= 15 is 0 Å². The van der Waals surface area contributed by atoms with Crippen LogP contribution in [-0.4, -0.2) is 30.9 Å². The minimum atomic E-state index is -3.45. The Hall–Kier alpha value is -2.25. The van der Waals surface area contributed by atoms with Gasteiger partial charge in [-0.05, 0) is 60.7 Å². The topological polar surface area (TPSA) is 82.3 Å². The van der Waals surface area contributed by atoms with Gasteiger partial charge >= 0.3 is 0 Å². The van der Waals surface area contributed by atoms with Gasteiger partial charge in [-0.25, -0.2) is 8.42 Å². The molecule has 0 aromatic heterocycles. The summed E-state index contributed by atoms with van der Waals surface area (Å²) in [6.07, 6.45) is 2.89. The van der Waals surface area contributed by atoms with E-state index in [1.165, 1.54) is 0 Å². The Balaban J connectivity index is 1.78. The van der Waals surface area contributed by atoms with Crippen LogP contribution >= 0.6 is 0 Å². The average molecular weight is 388 g/mol. The number of piperidine rings is 1. The molecule has 0 aliphatic carbocycles. The molecule has 0 atom stereocenters. The largest absolute Gasteiger partial charge is 0.506 e. The van der Waals surface area contributed by atoms with E-state index in [1.54, 1.807) is 40.7 Å². The van der Waals surface area contributed by atoms with Crippen LogP contribution < -0.4 is 0 Å². The van der Waals surface area contributed by atoms with Gasteiger partial charge in [-0.2, -0.15) is 9.42 Å². The smallest absolute Gasteiger partial charge is 0.243 e. The highest BCUT2D eigenvalue weighted by Gasteiger charge is 2.25. The predicted molar refractivity (Wildman–Crippen MR) is 105 cm³/mol. The lowest BCUT2D eigenvalue weighted by molar-refractivity contribution is 0.346. The number of nitrogens with zero attached hydrogens (tertiary/aromatic N) is 3. The minimum Gasteiger partial charge on any atom is -0.506 e. The number of sulfonamides is 1. The second kappa shape index (κ2) is 8.19. The second-order valence-corrected chi connectivity index (χ2v) is 9.00. The lowest BCUT2D eigenvalue weighted by Crippen LogP contribution is -2.35. The van der Waals surface area contributed by atoms with Gasteiger partial charge in [0.15, 0.2) is 0 Å². The molecule has 0 bridgehead atoms. The highest BCUT2D eigenvalue weighted by molar-refractivity contribution is 7.89. The quantitative estimate of drug-likeness (QED) is 0.724. The Morgan fingerprint density at radius 1 is 0.963 bits per heavy atom. The van der Waals surface area contributed by atoms with Crippen molar-refractivity contribution < 1.29 is 13.5 Å². The third-order valence-corrected chi connectivity index (χ3v) is 6.64. The molecule has 2 aromatic rings. The fourth-order valence-corrected chi connectivity index (χ4v) is 4.55. The van der Waals surface area contributed by atoms with Crippen LogP contribution in [0, 0.1) is 0 Å². The SMILES string of the molecule is CC(C)c1ccc(O)c(N=Nc2ccc(S(=O)(=O)N3CCCCC3)cc2)c1. The van der Waals surface area contributed by atoms with Crippen molar-refractivity contribution in [2.45, 2.75) is 43.9 Å². The van der Waals surface area contributed by atoms with Gasteiger partial charge in [-0.15, -0.1) is 5.11 Å². The van der Waals surface area contributed by atoms with E-state index < -0.39 is 10.0 Å². The summed E-state index contributed by atoms with van der Waals surface area (Å²) < 4.78 is 26.9. The summed E-state index contributed by atoms with van der Waals surface area (Å²) in [4.78, 5) is 0.271. The average Bonchev–Trinajstić information content (AvgIpc) is 2.68. The maximum absolute atomic E-state index is 12.7. The maximum Gasteiger partial charge on any atom is 0.243 e. The van der Waals surface area contributed by atoms with Crippen molar-refractivity contribution in [3.05, 3.63) is 48.0 Å². The Bertz CT molecular complexity index is 916. The predicted octanol–water partition coefficient (Wildman–Crippen LogP) is 5.11. The van der Waals surface area contributed by atoms with Crippen LogP contribution in [-0.2, 0) is 10.0 Å². The van der Waals surface area contributed by atoms with Gasteiger partial charge in [0, 0.05) is 13.1 Å². The molecule has 0 amide bonds. The molecule has 1 N–H and O–H groups in total. The van der Waals surface area contributed by atoms with Crippen LogP contribution in [0.1, 0.15) is 44.6 Å². The van der Waals surface area contributed by atoms with Crippen molar-refractivity contribution in [3.8, 4) is 5.75 Å². The summed E-state index contributed by atoms with van der Waals surface area (Å²) in [6.45, 7) is 5.29. The molecule has 0 spiro atoms. The fourth-order valence-electron chi connectivity index (χ4n) is 3.03. The lowest BCUT2D eigenvalue weighted by atomic mass is 10.0. The number of hydrogen-bond donors (Lipinski definition) is 1. The second-order valence-electron chi connectivity index (χ2n) is 7.06. The van der Waals surface area contributed by atoms with E-state index in [0.29, 0.717) is 30.4 Å². The number of hydrogen-bond acceptors (Lipinski definition) is 5. The normalized spacial score (nSPS) is 16.3. The van der Waals surface area contributed by atoms with E-state index in [4.69, 9.17) is 0 Å². The third kappa shape index (κ3) is 4.54. The maximum atomic E-state index is 12.7. The van der Waals surface area contributed by atoms with Crippen LogP contribution in [0.4, 0.5) is 11.4 Å². The van der Waals surface area contributed by atoms with Crippen molar-refractivity contribution >= 4 is 21.4 Å². The highest BCUT2D eigenvalue weighted by Crippen LogP contribution is 2.32. The van der Waals surface area contributed by atoms with Gasteiger partial charge in [0.05, 0.1) is 10.6 Å². The summed E-state index contributed by atoms with van der Waals surface area (Å²) in [6, 6.07) is 11.6. The van der Waals surface area contributed by atoms with E-state index in [2.05, 4.69) is 24.1 Å². The molecule has 1 aliphatic rings. The first-order valence-corrected chi connectivity index (χ1v) is 10.7. The molecule has 1 aliphatic heterocycles. The van der Waals surface area contributed by atoms with E-state index in [0.717, 1.165) is 24.8 Å². The number of benzene rings is 2. The van der Waals surface area contributed by atoms with Gasteiger partial charge in [0.1, 0.15) is 11.4 Å². The third-order valence-electron chi connectivity index (χ3n) is 4.73. The molecule has 0 radical (unpaired) electrons. The summed E-state index contributed by atoms with van der Waals surface area (Å²) in [5, 5.41) is 18.2. The lowest BCUT2D eigenvalue weighted by Gasteiger charge is -2.25. The van der Waals surface area contributed by atoms with Crippen LogP contribution in [0.15, 0.2) is 57.6 Å². The Labute approximate surface area is 160 Å². The van der Waals surface area contributed by atoms with Crippen LogP contribution in [0.3, 0.4) is 0 Å². The van der Waals surface area contributed by atoms with Gasteiger partial charge in [-0.1, -0.05) is 26.3 Å². The molecule has 3 rings (SSSR count). The van der Waals surface area contributed by atoms with Gasteiger partial charge in [-0.3, -0.25) is 0 Å². The van der Waals surface area contributed by atoms with Gasteiger partial charge in [0.25, 0.3) is 0 Å². The summed E-state index contributed by atoms with van der Waals surface area (Å²) >= 11 is 0. The summed E-state index contributed by atoms with van der Waals surface area (Å²) in [7, 11) is -3.45. The van der Waals surface area contributed by atoms with Crippen molar-refractivity contribution in [2.75, 3.05) is 13.1 Å². The molecule has 0 unspecified atom stereocenters. The molecule has 1 fully saturated rings. The Morgan fingerprint density at radius 2 is 1.63 bits per heavy atom. The van der Waals surface area contributed by atoms with Gasteiger partial charge < -0.3 is 5.11 Å². The molecule has 6 nitrogen and oxygen atoms in total. The first-order chi connectivity index (χ1) is 12.9.